The summed E-state index contributed by atoms with van der Waals surface area (Å²) < 4.78 is 0. The molecule has 1 aromatic carbocycles. The van der Waals surface area contributed by atoms with Crippen molar-refractivity contribution in [3.05, 3.63) is 35.4 Å². The number of rotatable bonds is 2. The van der Waals surface area contributed by atoms with Gasteiger partial charge in [0.2, 0.25) is 0 Å². The molecule has 0 bridgehead atoms. The second-order valence-corrected chi connectivity index (χ2v) is 2.50. The first-order valence-electron chi connectivity index (χ1n) is 3.45. The van der Waals surface area contributed by atoms with Crippen LogP contribution < -0.4 is 0 Å². The predicted molar refractivity (Wildman–Crippen MR) is 43.1 cm³/mol. The minimum Gasteiger partial charge on any atom is -0.475 e. The van der Waals surface area contributed by atoms with Crippen LogP contribution in [0, 0.1) is 6.92 Å². The van der Waals surface area contributed by atoms with Crippen LogP contribution in [0.5, 0.6) is 0 Å². The first kappa shape index (κ1) is 12.5. The Balaban J connectivity index is 0.00000144. The molecule has 0 heterocycles. The van der Waals surface area contributed by atoms with E-state index in [2.05, 4.69) is 0 Å². The average molecular weight is 253 g/mol. The molecule has 3 nitrogen and oxygen atoms in total. The maximum absolute atomic E-state index is 10.9. The molecule has 0 fully saturated rings. The summed E-state index contributed by atoms with van der Waals surface area (Å²) in [5.41, 5.74) is 1.21. The first-order valence-corrected chi connectivity index (χ1v) is 3.45. The largest absolute Gasteiger partial charge is 0.475 e. The van der Waals surface area contributed by atoms with Crippen molar-refractivity contribution in [1.82, 2.24) is 0 Å². The molecule has 1 aromatic rings. The molecular formula is C9H8O3Y. The number of hydrogen-bond donors (Lipinski definition) is 1. The van der Waals surface area contributed by atoms with Gasteiger partial charge in [0.25, 0.3) is 5.78 Å². The topological polar surface area (TPSA) is 54.4 Å². The Morgan fingerprint density at radius 2 is 1.62 bits per heavy atom. The van der Waals surface area contributed by atoms with Crippen molar-refractivity contribution in [3.63, 3.8) is 0 Å². The van der Waals surface area contributed by atoms with Gasteiger partial charge in [-0.3, -0.25) is 4.79 Å². The van der Waals surface area contributed by atoms with Crippen LogP contribution in [0.1, 0.15) is 15.9 Å². The molecule has 0 saturated carbocycles. The fraction of sp³-hybridized carbons (Fsp3) is 0.111. The van der Waals surface area contributed by atoms with Gasteiger partial charge in [-0.2, -0.15) is 0 Å². The third kappa shape index (κ3) is 3.37. The van der Waals surface area contributed by atoms with Crippen molar-refractivity contribution >= 4 is 11.8 Å². The van der Waals surface area contributed by atoms with E-state index in [1.165, 1.54) is 12.1 Å². The van der Waals surface area contributed by atoms with Crippen molar-refractivity contribution in [2.45, 2.75) is 6.92 Å². The molecule has 0 aliphatic carbocycles. The average Bonchev–Trinajstić information content (AvgIpc) is 2.04. The summed E-state index contributed by atoms with van der Waals surface area (Å²) in [6.45, 7) is 1.87. The number of aryl methyl sites for hydroxylation is 1. The molecule has 0 atom stereocenters. The monoisotopic (exact) mass is 253 g/mol. The molecule has 1 radical (unpaired) electrons. The first-order chi connectivity index (χ1) is 5.61. The molecule has 0 aliphatic heterocycles. The van der Waals surface area contributed by atoms with Gasteiger partial charge in [0.15, 0.2) is 0 Å². The van der Waals surface area contributed by atoms with Gasteiger partial charge in [-0.15, -0.1) is 0 Å². The van der Waals surface area contributed by atoms with Gasteiger partial charge in [-0.25, -0.2) is 4.79 Å². The van der Waals surface area contributed by atoms with Gasteiger partial charge < -0.3 is 5.11 Å². The van der Waals surface area contributed by atoms with Crippen LogP contribution in [0.3, 0.4) is 0 Å². The number of carboxylic acid groups (broad SMARTS) is 1. The number of carbonyl (C=O) groups excluding carboxylic acids is 1. The third-order valence-electron chi connectivity index (χ3n) is 1.51. The van der Waals surface area contributed by atoms with E-state index in [-0.39, 0.29) is 38.3 Å². The van der Waals surface area contributed by atoms with Crippen LogP contribution in [0.4, 0.5) is 0 Å². The smallest absolute Gasteiger partial charge is 0.377 e. The van der Waals surface area contributed by atoms with E-state index in [0.717, 1.165) is 5.56 Å². The Hall–Kier alpha value is -0.536. The van der Waals surface area contributed by atoms with Crippen molar-refractivity contribution in [3.8, 4) is 0 Å². The van der Waals surface area contributed by atoms with E-state index in [0.29, 0.717) is 0 Å². The van der Waals surface area contributed by atoms with E-state index in [1.54, 1.807) is 12.1 Å². The number of Topliss-reactive ketones (excluding diaryl/α,β-unsaturated/α-hetero) is 1. The Bertz CT molecular complexity index is 316. The van der Waals surface area contributed by atoms with Gasteiger partial charge >= 0.3 is 5.97 Å². The molecule has 1 N–H and O–H groups in total. The molecule has 4 heteroatoms. The molecule has 0 aromatic heterocycles. The summed E-state index contributed by atoms with van der Waals surface area (Å²) in [5.74, 6) is -2.28. The maximum atomic E-state index is 10.9. The molecule has 65 valence electrons. The van der Waals surface area contributed by atoms with Gasteiger partial charge in [-0.05, 0) is 6.92 Å². The molecule has 1 rings (SSSR count). The Morgan fingerprint density at radius 1 is 1.15 bits per heavy atom. The molecular weight excluding hydrogens is 245 g/mol. The molecule has 0 spiro atoms. The number of carbonyl (C=O) groups is 2. The van der Waals surface area contributed by atoms with Crippen LogP contribution in [-0.2, 0) is 37.5 Å². The van der Waals surface area contributed by atoms with Crippen molar-refractivity contribution in [2.24, 2.45) is 0 Å². The standard InChI is InChI=1S/C9H8O3.Y/c1-6-2-4-7(5-3-6)8(10)9(11)12;/h2-5H,1H3,(H,11,12);. The number of ketones is 1. The summed E-state index contributed by atoms with van der Waals surface area (Å²) in [4.78, 5) is 21.1. The Morgan fingerprint density at radius 3 is 2.00 bits per heavy atom. The SMILES string of the molecule is Cc1ccc(C(=O)C(=O)O)cc1.[Y]. The summed E-state index contributed by atoms with van der Waals surface area (Å²) in [5, 5.41) is 8.36. The van der Waals surface area contributed by atoms with Crippen LogP contribution in [0.2, 0.25) is 0 Å². The Kier molecular flexibility index (Phi) is 5.03. The van der Waals surface area contributed by atoms with Crippen molar-refractivity contribution in [2.75, 3.05) is 0 Å². The van der Waals surface area contributed by atoms with Gasteiger partial charge in [0, 0.05) is 38.3 Å². The molecule has 0 saturated heterocycles. The maximum Gasteiger partial charge on any atom is 0.377 e. The summed E-state index contributed by atoms with van der Waals surface area (Å²) in [7, 11) is 0. The molecule has 0 unspecified atom stereocenters. The molecule has 0 aliphatic rings. The van der Waals surface area contributed by atoms with E-state index < -0.39 is 11.8 Å². The summed E-state index contributed by atoms with van der Waals surface area (Å²) >= 11 is 0. The zero-order chi connectivity index (χ0) is 9.14. The van der Waals surface area contributed by atoms with Gasteiger partial charge in [0.05, 0.1) is 0 Å². The summed E-state index contributed by atoms with van der Waals surface area (Å²) in [6.07, 6.45) is 0. The van der Waals surface area contributed by atoms with Crippen molar-refractivity contribution < 1.29 is 47.4 Å². The van der Waals surface area contributed by atoms with Crippen molar-refractivity contribution in [1.29, 1.82) is 0 Å². The van der Waals surface area contributed by atoms with Gasteiger partial charge in [0.1, 0.15) is 0 Å². The second kappa shape index (κ2) is 5.25. The van der Waals surface area contributed by atoms with E-state index >= 15 is 0 Å². The van der Waals surface area contributed by atoms with E-state index in [9.17, 15) is 9.59 Å². The quantitative estimate of drug-likeness (QED) is 0.637. The number of benzene rings is 1. The fourth-order valence-corrected chi connectivity index (χ4v) is 0.828. The van der Waals surface area contributed by atoms with Crippen LogP contribution in [0.15, 0.2) is 24.3 Å². The van der Waals surface area contributed by atoms with E-state index in [4.69, 9.17) is 5.11 Å². The Labute approximate surface area is 101 Å². The molecule has 0 amide bonds. The molecule has 13 heavy (non-hydrogen) atoms. The minimum absolute atomic E-state index is 0. The van der Waals surface area contributed by atoms with Crippen LogP contribution >= 0.6 is 0 Å². The predicted octanol–water partition coefficient (Wildman–Crippen LogP) is 1.26. The van der Waals surface area contributed by atoms with Gasteiger partial charge in [-0.1, -0.05) is 29.8 Å². The van der Waals surface area contributed by atoms with Crippen LogP contribution in [-0.4, -0.2) is 16.9 Å². The minimum atomic E-state index is -1.42. The second-order valence-electron chi connectivity index (χ2n) is 2.50. The fourth-order valence-electron chi connectivity index (χ4n) is 0.828. The number of hydrogen-bond acceptors (Lipinski definition) is 2. The zero-order valence-corrected chi connectivity index (χ0v) is 9.99. The zero-order valence-electron chi connectivity index (χ0n) is 7.15. The third-order valence-corrected chi connectivity index (χ3v) is 1.51. The summed E-state index contributed by atoms with van der Waals surface area (Å²) in [6, 6.07) is 6.42. The number of carboxylic acids is 1. The normalized spacial score (nSPS) is 8.69. The van der Waals surface area contributed by atoms with Crippen LogP contribution in [0.25, 0.3) is 0 Å². The number of aliphatic carboxylic acids is 1. The van der Waals surface area contributed by atoms with E-state index in [1.807, 2.05) is 6.92 Å².